The Morgan fingerprint density at radius 3 is 2.81 bits per heavy atom. The van der Waals surface area contributed by atoms with Crippen molar-refractivity contribution in [2.24, 2.45) is 0 Å². The first-order valence-electron chi connectivity index (χ1n) is 7.87. The van der Waals surface area contributed by atoms with Crippen LogP contribution in [0, 0.1) is 6.92 Å². The Labute approximate surface area is 165 Å². The van der Waals surface area contributed by atoms with E-state index in [-0.39, 0.29) is 12.5 Å². The van der Waals surface area contributed by atoms with Gasteiger partial charge in [-0.05, 0) is 48.4 Å². The molecule has 0 aliphatic heterocycles. The number of aryl methyl sites for hydroxylation is 1. The van der Waals surface area contributed by atoms with Crippen LogP contribution in [0.25, 0.3) is 10.4 Å². The topological polar surface area (TPSA) is 62.2 Å². The zero-order valence-electron chi connectivity index (χ0n) is 13.9. The van der Waals surface area contributed by atoms with Crippen molar-refractivity contribution < 1.29 is 9.90 Å². The Hall–Kier alpha value is -1.92. The fourth-order valence-electron chi connectivity index (χ4n) is 2.51. The van der Waals surface area contributed by atoms with Gasteiger partial charge in [-0.2, -0.15) is 0 Å². The molecule has 0 fully saturated rings. The first-order chi connectivity index (χ1) is 12.5. The van der Waals surface area contributed by atoms with E-state index >= 15 is 0 Å². The number of pyridine rings is 1. The Balaban J connectivity index is 1.66. The van der Waals surface area contributed by atoms with E-state index in [4.69, 9.17) is 23.2 Å². The molecule has 0 spiro atoms. The molecular formula is C19H16Cl2N2O2S. The average Bonchev–Trinajstić information content (AvgIpc) is 3.09. The summed E-state index contributed by atoms with van der Waals surface area (Å²) in [5.74, 6) is -0.239. The quantitative estimate of drug-likeness (QED) is 0.633. The molecule has 134 valence electrons. The van der Waals surface area contributed by atoms with Gasteiger partial charge in [-0.25, -0.2) is 0 Å². The monoisotopic (exact) mass is 406 g/mol. The van der Waals surface area contributed by atoms with Gasteiger partial charge in [0.1, 0.15) is 0 Å². The predicted octanol–water partition coefficient (Wildman–Crippen LogP) is 4.89. The second-order valence-electron chi connectivity index (χ2n) is 5.75. The van der Waals surface area contributed by atoms with E-state index in [2.05, 4.69) is 10.3 Å². The van der Waals surface area contributed by atoms with Crippen molar-refractivity contribution in [3.63, 3.8) is 0 Å². The summed E-state index contributed by atoms with van der Waals surface area (Å²) >= 11 is 13.3. The standard InChI is InChI=1S/C19H16Cl2N2O2S/c1-11-9-22-7-6-13(11)17-4-5-18(26-17)19(25)23-10-16(24)14-3-2-12(20)8-15(14)21/h2-9,16,24H,10H2,1H3,(H,23,25). The van der Waals surface area contributed by atoms with Gasteiger partial charge in [-0.3, -0.25) is 9.78 Å². The number of nitrogens with one attached hydrogen (secondary N) is 1. The van der Waals surface area contributed by atoms with Crippen molar-refractivity contribution in [3.05, 3.63) is 74.8 Å². The largest absolute Gasteiger partial charge is 0.387 e. The third-order valence-corrected chi connectivity index (χ3v) is 5.57. The number of hydrogen-bond donors (Lipinski definition) is 2. The van der Waals surface area contributed by atoms with Gasteiger partial charge in [0.05, 0.1) is 11.0 Å². The van der Waals surface area contributed by atoms with Gasteiger partial charge in [0.25, 0.3) is 5.91 Å². The summed E-state index contributed by atoms with van der Waals surface area (Å²) in [7, 11) is 0. The predicted molar refractivity (Wildman–Crippen MR) is 106 cm³/mol. The third-order valence-electron chi connectivity index (χ3n) is 3.89. The highest BCUT2D eigenvalue weighted by atomic mass is 35.5. The molecule has 26 heavy (non-hydrogen) atoms. The summed E-state index contributed by atoms with van der Waals surface area (Å²) in [6.45, 7) is 2.04. The number of halogens is 2. The maximum atomic E-state index is 12.4. The van der Waals surface area contributed by atoms with Crippen LogP contribution in [0.15, 0.2) is 48.8 Å². The lowest BCUT2D eigenvalue weighted by atomic mass is 10.1. The van der Waals surface area contributed by atoms with E-state index in [9.17, 15) is 9.90 Å². The lowest BCUT2D eigenvalue weighted by molar-refractivity contribution is 0.0920. The molecule has 7 heteroatoms. The number of thiophene rings is 1. The molecule has 2 heterocycles. The summed E-state index contributed by atoms with van der Waals surface area (Å²) in [5, 5.41) is 13.9. The molecule has 3 rings (SSSR count). The van der Waals surface area contributed by atoms with Gasteiger partial charge in [-0.15, -0.1) is 11.3 Å². The van der Waals surface area contributed by atoms with Crippen molar-refractivity contribution in [2.45, 2.75) is 13.0 Å². The fraction of sp³-hybridized carbons (Fsp3) is 0.158. The maximum absolute atomic E-state index is 12.4. The van der Waals surface area contributed by atoms with Crippen molar-refractivity contribution >= 4 is 40.4 Å². The summed E-state index contributed by atoms with van der Waals surface area (Å²) < 4.78 is 0. The number of amides is 1. The number of nitrogens with zero attached hydrogens (tertiary/aromatic N) is 1. The summed E-state index contributed by atoms with van der Waals surface area (Å²) in [6.07, 6.45) is 2.61. The highest BCUT2D eigenvalue weighted by Crippen LogP contribution is 2.30. The SMILES string of the molecule is Cc1cnccc1-c1ccc(C(=O)NCC(O)c2ccc(Cl)cc2Cl)s1. The van der Waals surface area contributed by atoms with Crippen LogP contribution in [0.4, 0.5) is 0 Å². The number of carbonyl (C=O) groups excluding carboxylic acids is 1. The van der Waals surface area contributed by atoms with Crippen molar-refractivity contribution in [1.82, 2.24) is 10.3 Å². The van der Waals surface area contributed by atoms with E-state index < -0.39 is 6.10 Å². The van der Waals surface area contributed by atoms with Gasteiger partial charge < -0.3 is 10.4 Å². The normalized spacial score (nSPS) is 12.0. The Bertz CT molecular complexity index is 943. The Morgan fingerprint density at radius 1 is 1.27 bits per heavy atom. The molecule has 0 saturated heterocycles. The fourth-order valence-corrected chi connectivity index (χ4v) is 4.06. The molecule has 0 aliphatic carbocycles. The highest BCUT2D eigenvalue weighted by molar-refractivity contribution is 7.17. The highest BCUT2D eigenvalue weighted by Gasteiger charge is 2.16. The van der Waals surface area contributed by atoms with Crippen LogP contribution in [0.3, 0.4) is 0 Å². The molecule has 2 N–H and O–H groups in total. The van der Waals surface area contributed by atoms with E-state index in [1.165, 1.54) is 11.3 Å². The summed E-state index contributed by atoms with van der Waals surface area (Å²) in [4.78, 5) is 18.0. The molecule has 1 atom stereocenters. The lowest BCUT2D eigenvalue weighted by Crippen LogP contribution is -2.27. The van der Waals surface area contributed by atoms with E-state index in [1.807, 2.05) is 19.1 Å². The number of aliphatic hydroxyl groups excluding tert-OH is 1. The minimum Gasteiger partial charge on any atom is -0.387 e. The molecule has 0 aliphatic rings. The molecule has 4 nitrogen and oxygen atoms in total. The number of aliphatic hydroxyl groups is 1. The van der Waals surface area contributed by atoms with Crippen molar-refractivity contribution in [2.75, 3.05) is 6.54 Å². The van der Waals surface area contributed by atoms with Crippen LogP contribution in [0.1, 0.15) is 26.9 Å². The lowest BCUT2D eigenvalue weighted by Gasteiger charge is -2.13. The molecular weight excluding hydrogens is 391 g/mol. The zero-order valence-corrected chi connectivity index (χ0v) is 16.2. The van der Waals surface area contributed by atoms with Crippen molar-refractivity contribution in [1.29, 1.82) is 0 Å². The zero-order chi connectivity index (χ0) is 18.7. The Morgan fingerprint density at radius 2 is 2.08 bits per heavy atom. The van der Waals surface area contributed by atoms with Crippen LogP contribution in [0.2, 0.25) is 10.0 Å². The van der Waals surface area contributed by atoms with Crippen molar-refractivity contribution in [3.8, 4) is 10.4 Å². The first-order valence-corrected chi connectivity index (χ1v) is 9.45. The minimum absolute atomic E-state index is 0.0572. The van der Waals surface area contributed by atoms with E-state index in [0.29, 0.717) is 20.5 Å². The molecule has 3 aromatic rings. The number of carbonyl (C=O) groups is 1. The second-order valence-corrected chi connectivity index (χ2v) is 7.67. The maximum Gasteiger partial charge on any atom is 0.261 e. The van der Waals surface area contributed by atoms with Crippen LogP contribution < -0.4 is 5.32 Å². The number of aromatic nitrogens is 1. The summed E-state index contributed by atoms with van der Waals surface area (Å²) in [5.41, 5.74) is 2.63. The average molecular weight is 407 g/mol. The summed E-state index contributed by atoms with van der Waals surface area (Å²) in [6, 6.07) is 10.5. The van der Waals surface area contributed by atoms with Crippen LogP contribution in [0.5, 0.6) is 0 Å². The molecule has 1 unspecified atom stereocenters. The third kappa shape index (κ3) is 4.24. The number of rotatable bonds is 5. The molecule has 1 aromatic carbocycles. The smallest absolute Gasteiger partial charge is 0.261 e. The Kier molecular flexibility index (Phi) is 5.94. The molecule has 2 aromatic heterocycles. The molecule has 0 radical (unpaired) electrons. The van der Waals surface area contributed by atoms with E-state index in [1.54, 1.807) is 36.7 Å². The van der Waals surface area contributed by atoms with Gasteiger partial charge in [0, 0.05) is 39.4 Å². The first kappa shape index (κ1) is 18.9. The van der Waals surface area contributed by atoms with Gasteiger partial charge in [0.15, 0.2) is 0 Å². The second kappa shape index (κ2) is 8.18. The van der Waals surface area contributed by atoms with Gasteiger partial charge >= 0.3 is 0 Å². The molecule has 0 saturated carbocycles. The van der Waals surface area contributed by atoms with Gasteiger partial charge in [-0.1, -0.05) is 29.3 Å². The van der Waals surface area contributed by atoms with E-state index in [0.717, 1.165) is 16.0 Å². The van der Waals surface area contributed by atoms with Crippen LogP contribution in [-0.2, 0) is 0 Å². The molecule has 0 bridgehead atoms. The van der Waals surface area contributed by atoms with Crippen LogP contribution in [-0.4, -0.2) is 22.5 Å². The number of benzene rings is 1. The number of hydrogen-bond acceptors (Lipinski definition) is 4. The van der Waals surface area contributed by atoms with Crippen LogP contribution >= 0.6 is 34.5 Å². The molecule has 1 amide bonds. The van der Waals surface area contributed by atoms with Gasteiger partial charge in [0.2, 0.25) is 0 Å². The minimum atomic E-state index is -0.911.